The lowest BCUT2D eigenvalue weighted by atomic mass is 10.3. The Bertz CT molecular complexity index is 605. The summed E-state index contributed by atoms with van der Waals surface area (Å²) >= 11 is 3.03. The number of halogens is 3. The van der Waals surface area contributed by atoms with Gasteiger partial charge in [0.2, 0.25) is 0 Å². The fourth-order valence-corrected chi connectivity index (χ4v) is 1.96. The number of benzene rings is 1. The Hall–Kier alpha value is -1.69. The first-order chi connectivity index (χ1) is 9.60. The van der Waals surface area contributed by atoms with E-state index in [1.54, 1.807) is 6.07 Å². The van der Waals surface area contributed by atoms with Crippen LogP contribution in [0.3, 0.4) is 0 Å². The summed E-state index contributed by atoms with van der Waals surface area (Å²) in [5.41, 5.74) is 0.165. The minimum absolute atomic E-state index is 0.165. The van der Waals surface area contributed by atoms with E-state index < -0.39 is 11.6 Å². The van der Waals surface area contributed by atoms with Crippen LogP contribution in [0.1, 0.15) is 13.3 Å². The van der Waals surface area contributed by atoms with E-state index in [1.807, 2.05) is 12.1 Å². The normalized spacial score (nSPS) is 10.4. The van der Waals surface area contributed by atoms with Crippen LogP contribution in [0.5, 0.6) is 0 Å². The quantitative estimate of drug-likeness (QED) is 0.774. The highest BCUT2D eigenvalue weighted by Gasteiger charge is 2.09. The average molecular weight is 342 g/mol. The Kier molecular flexibility index (Phi) is 4.89. The van der Waals surface area contributed by atoms with E-state index >= 15 is 0 Å². The van der Waals surface area contributed by atoms with Gasteiger partial charge in [0.25, 0.3) is 0 Å². The van der Waals surface area contributed by atoms with Gasteiger partial charge in [-0.1, -0.05) is 13.0 Å². The van der Waals surface area contributed by atoms with Crippen LogP contribution in [0.4, 0.5) is 26.1 Å². The van der Waals surface area contributed by atoms with Crippen LogP contribution in [0, 0.1) is 11.6 Å². The minimum atomic E-state index is -0.667. The molecule has 3 nitrogen and oxygen atoms in total. The first-order valence-electron chi connectivity index (χ1n) is 6.22. The predicted molar refractivity (Wildman–Crippen MR) is 80.4 cm³/mol. The van der Waals surface area contributed by atoms with Crippen LogP contribution in [0.25, 0.3) is 0 Å². The molecule has 20 heavy (non-hydrogen) atoms. The van der Waals surface area contributed by atoms with Gasteiger partial charge < -0.3 is 10.6 Å². The number of aromatic nitrogens is 1. The zero-order chi connectivity index (χ0) is 14.5. The largest absolute Gasteiger partial charge is 0.370 e. The van der Waals surface area contributed by atoms with Crippen LogP contribution < -0.4 is 10.6 Å². The number of rotatable bonds is 5. The average Bonchev–Trinajstić information content (AvgIpc) is 2.43. The molecule has 0 aliphatic rings. The first kappa shape index (κ1) is 14.7. The molecule has 2 N–H and O–H groups in total. The van der Waals surface area contributed by atoms with Crippen molar-refractivity contribution in [2.75, 3.05) is 17.2 Å². The second kappa shape index (κ2) is 6.65. The number of hydrogen-bond donors (Lipinski definition) is 2. The van der Waals surface area contributed by atoms with Gasteiger partial charge in [-0.3, -0.25) is 0 Å². The zero-order valence-electron chi connectivity index (χ0n) is 10.9. The monoisotopic (exact) mass is 341 g/mol. The highest BCUT2D eigenvalue weighted by atomic mass is 79.9. The van der Waals surface area contributed by atoms with Gasteiger partial charge >= 0.3 is 0 Å². The molecular weight excluding hydrogens is 328 g/mol. The number of nitrogens with zero attached hydrogens (tertiary/aromatic N) is 1. The molecule has 0 radical (unpaired) electrons. The molecule has 0 bridgehead atoms. The van der Waals surface area contributed by atoms with Crippen molar-refractivity contribution in [2.45, 2.75) is 13.3 Å². The molecule has 0 fully saturated rings. The van der Waals surface area contributed by atoms with Gasteiger partial charge in [-0.25, -0.2) is 13.8 Å². The van der Waals surface area contributed by atoms with Crippen molar-refractivity contribution >= 4 is 33.3 Å². The molecule has 2 rings (SSSR count). The summed E-state index contributed by atoms with van der Waals surface area (Å²) in [6.45, 7) is 2.87. The van der Waals surface area contributed by atoms with Crippen LogP contribution in [0.15, 0.2) is 34.8 Å². The molecule has 106 valence electrons. The Morgan fingerprint density at radius 3 is 2.65 bits per heavy atom. The van der Waals surface area contributed by atoms with E-state index in [-0.39, 0.29) is 10.2 Å². The van der Waals surface area contributed by atoms with E-state index in [1.165, 1.54) is 6.07 Å². The Morgan fingerprint density at radius 1 is 1.15 bits per heavy atom. The van der Waals surface area contributed by atoms with Crippen molar-refractivity contribution in [3.8, 4) is 0 Å². The van der Waals surface area contributed by atoms with E-state index in [0.717, 1.165) is 19.0 Å². The van der Waals surface area contributed by atoms with Gasteiger partial charge in [-0.15, -0.1) is 0 Å². The molecule has 0 saturated carbocycles. The fourth-order valence-electron chi connectivity index (χ4n) is 1.61. The molecule has 6 heteroatoms. The molecule has 0 spiro atoms. The molecule has 1 heterocycles. The fraction of sp³-hybridized carbons (Fsp3) is 0.214. The Morgan fingerprint density at radius 2 is 1.90 bits per heavy atom. The number of pyridine rings is 1. The Balaban J connectivity index is 2.19. The van der Waals surface area contributed by atoms with Crippen molar-refractivity contribution < 1.29 is 8.78 Å². The molecule has 0 saturated heterocycles. The lowest BCUT2D eigenvalue weighted by Crippen LogP contribution is -2.03. The molecule has 0 aliphatic carbocycles. The van der Waals surface area contributed by atoms with Crippen molar-refractivity contribution in [3.63, 3.8) is 0 Å². The van der Waals surface area contributed by atoms with Crippen molar-refractivity contribution in [1.82, 2.24) is 4.98 Å². The second-order valence-electron chi connectivity index (χ2n) is 4.21. The van der Waals surface area contributed by atoms with Crippen LogP contribution in [0.2, 0.25) is 0 Å². The lowest BCUT2D eigenvalue weighted by Gasteiger charge is -2.10. The minimum Gasteiger partial charge on any atom is -0.370 e. The van der Waals surface area contributed by atoms with Gasteiger partial charge in [0, 0.05) is 12.6 Å². The second-order valence-corrected chi connectivity index (χ2v) is 5.06. The van der Waals surface area contributed by atoms with Gasteiger partial charge in [-0.05, 0) is 40.5 Å². The van der Waals surface area contributed by atoms with E-state index in [4.69, 9.17) is 0 Å². The summed E-state index contributed by atoms with van der Waals surface area (Å²) in [6.07, 6.45) is 0.985. The molecule has 0 aliphatic heterocycles. The molecule has 0 amide bonds. The summed E-state index contributed by atoms with van der Waals surface area (Å²) in [5.74, 6) is -0.110. The Labute approximate surface area is 124 Å². The van der Waals surface area contributed by atoms with E-state index in [2.05, 4.69) is 38.5 Å². The maximum absolute atomic E-state index is 13.7. The first-order valence-corrected chi connectivity index (χ1v) is 7.02. The van der Waals surface area contributed by atoms with Gasteiger partial charge in [-0.2, -0.15) is 0 Å². The lowest BCUT2D eigenvalue weighted by molar-refractivity contribution is 0.581. The van der Waals surface area contributed by atoms with Crippen LogP contribution >= 0.6 is 15.9 Å². The molecule has 0 unspecified atom stereocenters. The third kappa shape index (κ3) is 3.66. The SMILES string of the molecule is CCCNc1cccc(Nc2cc(Br)c(F)cc2F)n1. The third-order valence-electron chi connectivity index (χ3n) is 2.58. The maximum Gasteiger partial charge on any atom is 0.149 e. The van der Waals surface area contributed by atoms with Gasteiger partial charge in [0.1, 0.15) is 23.3 Å². The molecule has 1 aromatic heterocycles. The van der Waals surface area contributed by atoms with Crippen molar-refractivity contribution in [2.24, 2.45) is 0 Å². The topological polar surface area (TPSA) is 37.0 Å². The van der Waals surface area contributed by atoms with Gasteiger partial charge in [0.15, 0.2) is 0 Å². The van der Waals surface area contributed by atoms with Crippen LogP contribution in [-0.2, 0) is 0 Å². The maximum atomic E-state index is 13.7. The summed E-state index contributed by atoms with van der Waals surface area (Å²) in [4.78, 5) is 4.30. The predicted octanol–water partition coefficient (Wildman–Crippen LogP) is 4.69. The summed E-state index contributed by atoms with van der Waals surface area (Å²) in [6, 6.07) is 7.53. The van der Waals surface area contributed by atoms with Crippen molar-refractivity contribution in [3.05, 3.63) is 46.4 Å². The highest BCUT2D eigenvalue weighted by molar-refractivity contribution is 9.10. The number of nitrogens with one attached hydrogen (secondary N) is 2. The van der Waals surface area contributed by atoms with E-state index in [0.29, 0.717) is 11.6 Å². The highest BCUT2D eigenvalue weighted by Crippen LogP contribution is 2.26. The summed E-state index contributed by atoms with van der Waals surface area (Å²) < 4.78 is 27.0. The molecule has 2 aromatic rings. The number of anilines is 3. The third-order valence-corrected chi connectivity index (χ3v) is 3.19. The van der Waals surface area contributed by atoms with Crippen molar-refractivity contribution in [1.29, 1.82) is 0 Å². The summed E-state index contributed by atoms with van der Waals surface area (Å²) in [7, 11) is 0. The molecule has 1 aromatic carbocycles. The molecular formula is C14H14BrF2N3. The van der Waals surface area contributed by atoms with E-state index in [9.17, 15) is 8.78 Å². The smallest absolute Gasteiger partial charge is 0.149 e. The van der Waals surface area contributed by atoms with Crippen LogP contribution in [-0.4, -0.2) is 11.5 Å². The standard InChI is InChI=1S/C14H14BrF2N3/c1-2-6-18-13-4-3-5-14(20-13)19-12-7-9(15)10(16)8-11(12)17/h3-5,7-8H,2,6H2,1H3,(H2,18,19,20). The molecule has 0 atom stereocenters. The summed E-state index contributed by atoms with van der Waals surface area (Å²) in [5, 5.41) is 5.98. The number of hydrogen-bond acceptors (Lipinski definition) is 3. The van der Waals surface area contributed by atoms with Gasteiger partial charge in [0.05, 0.1) is 10.2 Å². The zero-order valence-corrected chi connectivity index (χ0v) is 12.5.